The summed E-state index contributed by atoms with van der Waals surface area (Å²) in [4.78, 5) is 11.9. The van der Waals surface area contributed by atoms with E-state index in [4.69, 9.17) is 9.88 Å². The second kappa shape index (κ2) is 7.08. The Morgan fingerprint density at radius 3 is 2.39 bits per heavy atom. The van der Waals surface area contributed by atoms with E-state index in [1.807, 2.05) is 18.2 Å². The van der Waals surface area contributed by atoms with Gasteiger partial charge in [-0.25, -0.2) is 13.6 Å². The number of anilines is 1. The number of nitrogens with one attached hydrogen (secondary N) is 1. The number of carbonyl (C=O) groups excluding carboxylic acids is 1. The Morgan fingerprint density at radius 1 is 1.13 bits per heavy atom. The third-order valence-corrected chi connectivity index (χ3v) is 3.93. The average molecular weight is 332 g/mol. The number of ether oxygens (including phenoxy) is 1. The minimum absolute atomic E-state index is 0.0138. The fourth-order valence-corrected chi connectivity index (χ4v) is 2.40. The zero-order valence-electron chi connectivity index (χ0n) is 12.4. The van der Waals surface area contributed by atoms with Crippen molar-refractivity contribution < 1.29 is 17.9 Å². The van der Waals surface area contributed by atoms with E-state index in [1.165, 1.54) is 30.3 Å². The molecule has 120 valence electrons. The van der Waals surface area contributed by atoms with E-state index in [0.717, 1.165) is 5.56 Å². The quantitative estimate of drug-likeness (QED) is 0.818. The van der Waals surface area contributed by atoms with Crippen LogP contribution in [0.3, 0.4) is 0 Å². The van der Waals surface area contributed by atoms with E-state index >= 15 is 0 Å². The lowest BCUT2D eigenvalue weighted by Crippen LogP contribution is -2.12. The maximum absolute atomic E-state index is 11.9. The Balaban J connectivity index is 2.06. The predicted molar refractivity (Wildman–Crippen MR) is 88.5 cm³/mol. The van der Waals surface area contributed by atoms with E-state index in [1.54, 1.807) is 19.3 Å². The van der Waals surface area contributed by atoms with E-state index in [2.05, 4.69) is 5.32 Å². The normalized spacial score (nSPS) is 11.4. The van der Waals surface area contributed by atoms with Gasteiger partial charge < -0.3 is 10.1 Å². The monoisotopic (exact) mass is 332 g/mol. The molecule has 0 radical (unpaired) electrons. The van der Waals surface area contributed by atoms with Gasteiger partial charge in [0.25, 0.3) is 0 Å². The van der Waals surface area contributed by atoms with Crippen molar-refractivity contribution in [1.82, 2.24) is 0 Å². The molecule has 2 aromatic rings. The highest BCUT2D eigenvalue weighted by Crippen LogP contribution is 2.19. The van der Waals surface area contributed by atoms with Gasteiger partial charge in [0.15, 0.2) is 0 Å². The van der Waals surface area contributed by atoms with Crippen LogP contribution in [-0.4, -0.2) is 21.4 Å². The molecule has 0 heterocycles. The Morgan fingerprint density at radius 2 is 1.78 bits per heavy atom. The number of nitrogens with two attached hydrogens (primary N) is 1. The Bertz CT molecular complexity index is 827. The summed E-state index contributed by atoms with van der Waals surface area (Å²) in [6, 6.07) is 12.9. The first-order valence-electron chi connectivity index (χ1n) is 6.65. The lowest BCUT2D eigenvalue weighted by atomic mass is 10.2. The van der Waals surface area contributed by atoms with Crippen molar-refractivity contribution in [3.05, 3.63) is 60.2 Å². The summed E-state index contributed by atoms with van der Waals surface area (Å²) in [6.45, 7) is 0. The molecule has 2 rings (SSSR count). The molecule has 7 heteroatoms. The van der Waals surface area contributed by atoms with Crippen molar-refractivity contribution in [2.75, 3.05) is 12.4 Å². The van der Waals surface area contributed by atoms with Crippen molar-refractivity contribution in [2.24, 2.45) is 5.14 Å². The third kappa shape index (κ3) is 4.67. The zero-order chi connectivity index (χ0) is 16.9. The van der Waals surface area contributed by atoms with Gasteiger partial charge in [0.2, 0.25) is 15.9 Å². The van der Waals surface area contributed by atoms with Gasteiger partial charge in [0.1, 0.15) is 5.75 Å². The standard InChI is InChI=1S/C16H16N2O4S/c1-22-15-5-3-2-4-12(15)6-11-16(19)18-13-7-9-14(10-8-13)23(17,20)21/h2-11H,1H3,(H,18,19)(H2,17,20,21). The highest BCUT2D eigenvalue weighted by Gasteiger charge is 2.07. The predicted octanol–water partition coefficient (Wildman–Crippen LogP) is 1.99. The van der Waals surface area contributed by atoms with Crippen molar-refractivity contribution in [3.63, 3.8) is 0 Å². The molecule has 6 nitrogen and oxygen atoms in total. The van der Waals surface area contributed by atoms with Crippen LogP contribution in [0, 0.1) is 0 Å². The number of primary sulfonamides is 1. The Hall–Kier alpha value is -2.64. The van der Waals surface area contributed by atoms with Crippen LogP contribution < -0.4 is 15.2 Å². The van der Waals surface area contributed by atoms with Gasteiger partial charge in [-0.3, -0.25) is 4.79 Å². The van der Waals surface area contributed by atoms with Crippen LogP contribution in [0.2, 0.25) is 0 Å². The number of sulfonamides is 1. The Labute approximate surface area is 134 Å². The fourth-order valence-electron chi connectivity index (χ4n) is 1.88. The molecule has 0 aliphatic carbocycles. The largest absolute Gasteiger partial charge is 0.496 e. The summed E-state index contributed by atoms with van der Waals surface area (Å²) in [5.74, 6) is 0.313. The summed E-state index contributed by atoms with van der Waals surface area (Å²) in [6.07, 6.45) is 3.00. The minimum atomic E-state index is -3.74. The number of para-hydroxylation sites is 1. The van der Waals surface area contributed by atoms with Crippen LogP contribution in [0.4, 0.5) is 5.69 Å². The first-order chi connectivity index (χ1) is 10.9. The van der Waals surface area contributed by atoms with E-state index in [9.17, 15) is 13.2 Å². The number of methoxy groups -OCH3 is 1. The number of hydrogen-bond acceptors (Lipinski definition) is 4. The van der Waals surface area contributed by atoms with E-state index in [-0.39, 0.29) is 10.8 Å². The summed E-state index contributed by atoms with van der Waals surface area (Å²) in [5.41, 5.74) is 1.24. The lowest BCUT2D eigenvalue weighted by Gasteiger charge is -2.05. The molecular formula is C16H16N2O4S. The topological polar surface area (TPSA) is 98.5 Å². The fraction of sp³-hybridized carbons (Fsp3) is 0.0625. The van der Waals surface area contributed by atoms with Gasteiger partial charge in [0, 0.05) is 17.3 Å². The van der Waals surface area contributed by atoms with Crippen LogP contribution >= 0.6 is 0 Å². The van der Waals surface area contributed by atoms with E-state index < -0.39 is 10.0 Å². The van der Waals surface area contributed by atoms with Gasteiger partial charge in [-0.2, -0.15) is 0 Å². The van der Waals surface area contributed by atoms with Crippen LogP contribution in [0.5, 0.6) is 5.75 Å². The molecule has 0 saturated carbocycles. The smallest absolute Gasteiger partial charge is 0.248 e. The van der Waals surface area contributed by atoms with Gasteiger partial charge in [0.05, 0.1) is 12.0 Å². The molecule has 0 atom stereocenters. The second-order valence-electron chi connectivity index (χ2n) is 4.63. The minimum Gasteiger partial charge on any atom is -0.496 e. The second-order valence-corrected chi connectivity index (χ2v) is 6.20. The molecule has 0 bridgehead atoms. The van der Waals surface area contributed by atoms with Crippen molar-refractivity contribution in [2.45, 2.75) is 4.90 Å². The number of rotatable bonds is 5. The number of carbonyl (C=O) groups is 1. The number of hydrogen-bond donors (Lipinski definition) is 2. The lowest BCUT2D eigenvalue weighted by molar-refractivity contribution is -0.111. The molecule has 0 aromatic heterocycles. The van der Waals surface area contributed by atoms with Crippen LogP contribution in [-0.2, 0) is 14.8 Å². The maximum Gasteiger partial charge on any atom is 0.248 e. The Kier molecular flexibility index (Phi) is 5.15. The van der Waals surface area contributed by atoms with Crippen molar-refractivity contribution in [3.8, 4) is 5.75 Å². The maximum atomic E-state index is 11.9. The van der Waals surface area contributed by atoms with Crippen LogP contribution in [0.15, 0.2) is 59.5 Å². The SMILES string of the molecule is COc1ccccc1C=CC(=O)Nc1ccc(S(N)(=O)=O)cc1. The van der Waals surface area contributed by atoms with Gasteiger partial charge in [-0.15, -0.1) is 0 Å². The molecule has 0 spiro atoms. The van der Waals surface area contributed by atoms with Crippen molar-refractivity contribution in [1.29, 1.82) is 0 Å². The highest BCUT2D eigenvalue weighted by atomic mass is 32.2. The van der Waals surface area contributed by atoms with E-state index in [0.29, 0.717) is 11.4 Å². The zero-order valence-corrected chi connectivity index (χ0v) is 13.2. The van der Waals surface area contributed by atoms with Gasteiger partial charge >= 0.3 is 0 Å². The summed E-state index contributed by atoms with van der Waals surface area (Å²) in [5, 5.41) is 7.64. The molecule has 0 aliphatic heterocycles. The van der Waals surface area contributed by atoms with Crippen LogP contribution in [0.25, 0.3) is 6.08 Å². The molecule has 1 amide bonds. The third-order valence-electron chi connectivity index (χ3n) is 3.00. The van der Waals surface area contributed by atoms with Crippen molar-refractivity contribution >= 4 is 27.7 Å². The molecule has 23 heavy (non-hydrogen) atoms. The average Bonchev–Trinajstić information content (AvgIpc) is 2.53. The summed E-state index contributed by atoms with van der Waals surface area (Å²) >= 11 is 0. The molecule has 0 unspecified atom stereocenters. The number of benzene rings is 2. The molecule has 0 aliphatic rings. The summed E-state index contributed by atoms with van der Waals surface area (Å²) < 4.78 is 27.5. The first kappa shape index (κ1) is 16.7. The van der Waals surface area contributed by atoms with Gasteiger partial charge in [-0.1, -0.05) is 18.2 Å². The number of amides is 1. The first-order valence-corrected chi connectivity index (χ1v) is 8.20. The van der Waals surface area contributed by atoms with Gasteiger partial charge in [-0.05, 0) is 36.4 Å². The molecule has 2 aromatic carbocycles. The molecule has 3 N–H and O–H groups in total. The molecule has 0 fully saturated rings. The molecular weight excluding hydrogens is 316 g/mol. The summed E-state index contributed by atoms with van der Waals surface area (Å²) in [7, 11) is -2.19. The van der Waals surface area contributed by atoms with Crippen LogP contribution in [0.1, 0.15) is 5.56 Å². The molecule has 0 saturated heterocycles. The highest BCUT2D eigenvalue weighted by molar-refractivity contribution is 7.89.